The quantitative estimate of drug-likeness (QED) is 0.781. The minimum absolute atomic E-state index is 0.0769. The molecule has 0 amide bonds. The molecule has 0 saturated heterocycles. The third-order valence-corrected chi connectivity index (χ3v) is 4.70. The number of benzene rings is 1. The molecule has 0 aromatic heterocycles. The zero-order valence-electron chi connectivity index (χ0n) is 10.7. The zero-order valence-corrected chi connectivity index (χ0v) is 13.1. The van der Waals surface area contributed by atoms with Gasteiger partial charge in [-0.1, -0.05) is 23.2 Å². The molecule has 0 heterocycles. The molecule has 0 bridgehead atoms. The van der Waals surface area contributed by atoms with Crippen LogP contribution in [0.25, 0.3) is 0 Å². The second-order valence-electron chi connectivity index (χ2n) is 4.03. The van der Waals surface area contributed by atoms with Gasteiger partial charge in [0.15, 0.2) is 15.6 Å². The summed E-state index contributed by atoms with van der Waals surface area (Å²) in [5, 5.41) is -0.831. The molecule has 1 aromatic carbocycles. The molecule has 0 aliphatic heterocycles. The molecule has 1 unspecified atom stereocenters. The molecule has 1 atom stereocenters. The Kier molecular flexibility index (Phi) is 5.24. The Morgan fingerprint density at radius 2 is 1.89 bits per heavy atom. The first-order valence-corrected chi connectivity index (χ1v) is 8.24. The Labute approximate surface area is 122 Å². The van der Waals surface area contributed by atoms with Crippen LogP contribution in [-0.2, 0) is 9.84 Å². The highest BCUT2D eigenvalue weighted by molar-refractivity contribution is 7.92. The van der Waals surface area contributed by atoms with Gasteiger partial charge >= 0.3 is 0 Å². The average Bonchev–Trinajstić information content (AvgIpc) is 2.30. The summed E-state index contributed by atoms with van der Waals surface area (Å²) in [5.74, 6) is -0.227. The van der Waals surface area contributed by atoms with Crippen molar-refractivity contribution >= 4 is 38.8 Å². The van der Waals surface area contributed by atoms with Gasteiger partial charge in [0.1, 0.15) is 11.0 Å². The summed E-state index contributed by atoms with van der Waals surface area (Å²) in [6.07, 6.45) is 1.000. The van der Waals surface area contributed by atoms with Gasteiger partial charge < -0.3 is 4.74 Å². The van der Waals surface area contributed by atoms with Gasteiger partial charge in [-0.2, -0.15) is 0 Å². The number of carbonyl (C=O) groups is 1. The predicted octanol–water partition coefficient (Wildman–Crippen LogP) is 3.01. The molecule has 1 aromatic rings. The molecule has 0 fully saturated rings. The van der Waals surface area contributed by atoms with E-state index in [-0.39, 0.29) is 15.6 Å². The highest BCUT2D eigenvalue weighted by Crippen LogP contribution is 2.32. The lowest BCUT2D eigenvalue weighted by Crippen LogP contribution is -2.26. The SMILES string of the molecule is CCOc1cc(Cl)c(C(=O)C(C)S(C)(=O)=O)cc1Cl. The van der Waals surface area contributed by atoms with Gasteiger partial charge in [0.25, 0.3) is 0 Å². The van der Waals surface area contributed by atoms with Crippen molar-refractivity contribution in [1.29, 1.82) is 0 Å². The van der Waals surface area contributed by atoms with Crippen molar-refractivity contribution in [2.75, 3.05) is 12.9 Å². The molecular formula is C12H14Cl2O4S. The molecule has 7 heteroatoms. The normalized spacial score (nSPS) is 13.1. The van der Waals surface area contributed by atoms with Crippen molar-refractivity contribution in [3.05, 3.63) is 27.7 Å². The molecule has 0 radical (unpaired) electrons. The summed E-state index contributed by atoms with van der Waals surface area (Å²) in [5.41, 5.74) is 0.0769. The second kappa shape index (κ2) is 6.11. The van der Waals surface area contributed by atoms with Crippen LogP contribution in [0.2, 0.25) is 10.0 Å². The fraction of sp³-hybridized carbons (Fsp3) is 0.417. The number of hydrogen-bond donors (Lipinski definition) is 0. The third-order valence-electron chi connectivity index (χ3n) is 2.60. The summed E-state index contributed by atoms with van der Waals surface area (Å²) in [6.45, 7) is 3.51. The first-order valence-electron chi connectivity index (χ1n) is 5.53. The largest absolute Gasteiger partial charge is 0.492 e. The van der Waals surface area contributed by atoms with Crippen molar-refractivity contribution in [3.8, 4) is 5.75 Å². The van der Waals surface area contributed by atoms with Crippen LogP contribution in [0.1, 0.15) is 24.2 Å². The van der Waals surface area contributed by atoms with E-state index in [9.17, 15) is 13.2 Å². The smallest absolute Gasteiger partial charge is 0.182 e. The number of halogens is 2. The highest BCUT2D eigenvalue weighted by Gasteiger charge is 2.27. The number of sulfone groups is 1. The minimum atomic E-state index is -3.48. The van der Waals surface area contributed by atoms with E-state index in [0.717, 1.165) is 6.26 Å². The zero-order chi connectivity index (χ0) is 14.8. The van der Waals surface area contributed by atoms with Gasteiger partial charge in [-0.25, -0.2) is 8.42 Å². The lowest BCUT2D eigenvalue weighted by Gasteiger charge is -2.12. The molecule has 0 saturated carbocycles. The van der Waals surface area contributed by atoms with E-state index < -0.39 is 20.9 Å². The van der Waals surface area contributed by atoms with Crippen LogP contribution in [0.3, 0.4) is 0 Å². The van der Waals surface area contributed by atoms with Crippen molar-refractivity contribution in [3.63, 3.8) is 0 Å². The number of Topliss-reactive ketones (excluding diaryl/α,β-unsaturated/α-hetero) is 1. The fourth-order valence-electron chi connectivity index (χ4n) is 1.40. The second-order valence-corrected chi connectivity index (χ2v) is 7.21. The highest BCUT2D eigenvalue weighted by atomic mass is 35.5. The van der Waals surface area contributed by atoms with Crippen molar-refractivity contribution < 1.29 is 17.9 Å². The summed E-state index contributed by atoms with van der Waals surface area (Å²) in [6, 6.07) is 2.74. The minimum Gasteiger partial charge on any atom is -0.492 e. The monoisotopic (exact) mass is 324 g/mol. The maximum Gasteiger partial charge on any atom is 0.182 e. The Morgan fingerprint density at radius 3 is 2.37 bits per heavy atom. The topological polar surface area (TPSA) is 60.4 Å². The lowest BCUT2D eigenvalue weighted by atomic mass is 10.1. The maximum atomic E-state index is 12.1. The molecule has 19 heavy (non-hydrogen) atoms. The Morgan fingerprint density at radius 1 is 1.32 bits per heavy atom. The predicted molar refractivity (Wildman–Crippen MR) is 76.3 cm³/mol. The van der Waals surface area contributed by atoms with Gasteiger partial charge in [0.2, 0.25) is 0 Å². The van der Waals surface area contributed by atoms with Gasteiger partial charge in [-0.15, -0.1) is 0 Å². The molecule has 0 aliphatic rings. The molecule has 1 rings (SSSR count). The Hall–Kier alpha value is -0.780. The number of hydrogen-bond acceptors (Lipinski definition) is 4. The van der Waals surface area contributed by atoms with Crippen molar-refractivity contribution in [2.45, 2.75) is 19.1 Å². The average molecular weight is 325 g/mol. The van der Waals surface area contributed by atoms with E-state index in [4.69, 9.17) is 27.9 Å². The fourth-order valence-corrected chi connectivity index (χ4v) is 2.38. The molecule has 4 nitrogen and oxygen atoms in total. The van der Waals surface area contributed by atoms with Crippen LogP contribution in [0.15, 0.2) is 12.1 Å². The van der Waals surface area contributed by atoms with E-state index in [1.54, 1.807) is 6.92 Å². The van der Waals surface area contributed by atoms with E-state index in [1.165, 1.54) is 19.1 Å². The van der Waals surface area contributed by atoms with Gasteiger partial charge in [0, 0.05) is 17.9 Å². The van der Waals surface area contributed by atoms with Crippen molar-refractivity contribution in [1.82, 2.24) is 0 Å². The van der Waals surface area contributed by atoms with E-state index in [2.05, 4.69) is 0 Å². The number of ether oxygens (including phenoxy) is 1. The standard InChI is InChI=1S/C12H14Cl2O4S/c1-4-18-11-6-9(13)8(5-10(11)14)12(15)7(2)19(3,16)17/h5-7H,4H2,1-3H3. The lowest BCUT2D eigenvalue weighted by molar-refractivity contribution is 0.0992. The summed E-state index contributed by atoms with van der Waals surface area (Å²) < 4.78 is 28.0. The summed E-state index contributed by atoms with van der Waals surface area (Å²) in [7, 11) is -3.48. The van der Waals surface area contributed by atoms with Crippen LogP contribution >= 0.6 is 23.2 Å². The van der Waals surface area contributed by atoms with Crippen LogP contribution < -0.4 is 4.74 Å². The van der Waals surface area contributed by atoms with Crippen LogP contribution in [0.5, 0.6) is 5.75 Å². The number of carbonyl (C=O) groups excluding carboxylic acids is 1. The number of ketones is 1. The van der Waals surface area contributed by atoms with Gasteiger partial charge in [0.05, 0.1) is 16.7 Å². The molecule has 0 N–H and O–H groups in total. The number of rotatable bonds is 5. The molecule has 0 aliphatic carbocycles. The van der Waals surface area contributed by atoms with Crippen LogP contribution in [0, 0.1) is 0 Å². The third kappa shape index (κ3) is 3.84. The van der Waals surface area contributed by atoms with E-state index in [1.807, 2.05) is 0 Å². The van der Waals surface area contributed by atoms with Gasteiger partial charge in [-0.05, 0) is 19.9 Å². The van der Waals surface area contributed by atoms with E-state index >= 15 is 0 Å². The first kappa shape index (κ1) is 16.3. The molecule has 0 spiro atoms. The van der Waals surface area contributed by atoms with Gasteiger partial charge in [-0.3, -0.25) is 4.79 Å². The molecule has 106 valence electrons. The summed E-state index contributed by atoms with van der Waals surface area (Å²) in [4.78, 5) is 12.1. The van der Waals surface area contributed by atoms with Crippen molar-refractivity contribution in [2.24, 2.45) is 0 Å². The molecular weight excluding hydrogens is 311 g/mol. The first-order chi connectivity index (χ1) is 8.68. The Balaban J connectivity index is 3.23. The van der Waals surface area contributed by atoms with Crippen LogP contribution in [0.4, 0.5) is 0 Å². The van der Waals surface area contributed by atoms with Crippen LogP contribution in [-0.4, -0.2) is 32.3 Å². The maximum absolute atomic E-state index is 12.1. The summed E-state index contributed by atoms with van der Waals surface area (Å²) >= 11 is 11.9. The van der Waals surface area contributed by atoms with E-state index in [0.29, 0.717) is 12.4 Å². The Bertz CT molecular complexity index is 596.